The maximum Gasteiger partial charge on any atom is 0.230 e. The van der Waals surface area contributed by atoms with Crippen molar-refractivity contribution in [2.45, 2.75) is 29.7 Å². The third kappa shape index (κ3) is 4.23. The Morgan fingerprint density at radius 1 is 1.30 bits per heavy atom. The number of hydrogen-bond donors (Lipinski definition) is 2. The minimum absolute atomic E-state index is 0.0778. The number of nitrogens with zero attached hydrogens (tertiary/aromatic N) is 2. The van der Waals surface area contributed by atoms with Crippen LogP contribution in [0.4, 0.5) is 5.13 Å². The zero-order valence-corrected chi connectivity index (χ0v) is 16.3. The normalized spacial score (nSPS) is 11.1. The van der Waals surface area contributed by atoms with E-state index < -0.39 is 0 Å². The average molecular weight is 399 g/mol. The molecular weight excluding hydrogens is 380 g/mol. The lowest BCUT2D eigenvalue weighted by atomic mass is 10.1. The van der Waals surface area contributed by atoms with Gasteiger partial charge in [-0.15, -0.1) is 11.8 Å². The third-order valence-corrected chi connectivity index (χ3v) is 6.14. The van der Waals surface area contributed by atoms with Crippen LogP contribution in [0.3, 0.4) is 0 Å². The highest BCUT2D eigenvalue weighted by Crippen LogP contribution is 2.30. The van der Waals surface area contributed by atoms with Crippen LogP contribution in [-0.4, -0.2) is 20.9 Å². The SMILES string of the molecule is CCc1cnc(CSc2cnc(NC(=O)Cc3c[nH]c4ccccc34)s2)o1. The molecule has 3 aromatic heterocycles. The van der Waals surface area contributed by atoms with E-state index in [1.54, 1.807) is 24.2 Å². The minimum atomic E-state index is -0.0778. The molecule has 138 valence electrons. The fourth-order valence-corrected chi connectivity index (χ4v) is 4.45. The molecule has 0 bridgehead atoms. The molecule has 0 atom stereocenters. The molecule has 27 heavy (non-hydrogen) atoms. The molecule has 1 amide bonds. The van der Waals surface area contributed by atoms with Gasteiger partial charge in [-0.25, -0.2) is 9.97 Å². The van der Waals surface area contributed by atoms with E-state index in [-0.39, 0.29) is 5.91 Å². The number of nitrogens with one attached hydrogen (secondary N) is 2. The van der Waals surface area contributed by atoms with Gasteiger partial charge in [-0.1, -0.05) is 36.5 Å². The van der Waals surface area contributed by atoms with Gasteiger partial charge >= 0.3 is 0 Å². The number of thioether (sulfide) groups is 1. The predicted molar refractivity (Wildman–Crippen MR) is 108 cm³/mol. The van der Waals surface area contributed by atoms with E-state index in [0.717, 1.165) is 32.9 Å². The summed E-state index contributed by atoms with van der Waals surface area (Å²) in [6.07, 6.45) is 6.56. The first-order chi connectivity index (χ1) is 13.2. The molecule has 4 aromatic rings. The summed E-state index contributed by atoms with van der Waals surface area (Å²) in [5.74, 6) is 2.16. The van der Waals surface area contributed by atoms with Gasteiger partial charge < -0.3 is 14.7 Å². The van der Waals surface area contributed by atoms with Crippen LogP contribution in [0.1, 0.15) is 24.1 Å². The Bertz CT molecular complexity index is 1070. The van der Waals surface area contributed by atoms with Crippen molar-refractivity contribution in [3.8, 4) is 0 Å². The number of carbonyl (C=O) groups excluding carboxylic acids is 1. The Hall–Kier alpha value is -2.58. The van der Waals surface area contributed by atoms with Crippen LogP contribution in [0.25, 0.3) is 10.9 Å². The number of oxazole rings is 1. The van der Waals surface area contributed by atoms with Gasteiger partial charge in [-0.3, -0.25) is 4.79 Å². The number of carbonyl (C=O) groups is 1. The smallest absolute Gasteiger partial charge is 0.230 e. The lowest BCUT2D eigenvalue weighted by Gasteiger charge is -2.00. The molecule has 3 heterocycles. The summed E-state index contributed by atoms with van der Waals surface area (Å²) >= 11 is 3.05. The van der Waals surface area contributed by atoms with Crippen molar-refractivity contribution in [1.29, 1.82) is 0 Å². The average Bonchev–Trinajstić information content (AvgIpc) is 3.40. The van der Waals surface area contributed by atoms with Crippen LogP contribution in [-0.2, 0) is 23.4 Å². The third-order valence-electron chi connectivity index (χ3n) is 4.04. The van der Waals surface area contributed by atoms with Gasteiger partial charge in [0.2, 0.25) is 11.8 Å². The molecule has 0 unspecified atom stereocenters. The van der Waals surface area contributed by atoms with Crippen molar-refractivity contribution in [2.24, 2.45) is 0 Å². The Morgan fingerprint density at radius 2 is 2.19 bits per heavy atom. The van der Waals surface area contributed by atoms with Gasteiger partial charge in [0.1, 0.15) is 5.76 Å². The Morgan fingerprint density at radius 3 is 3.04 bits per heavy atom. The Balaban J connectivity index is 1.33. The second-order valence-corrected chi connectivity index (χ2v) is 8.24. The second-order valence-electron chi connectivity index (χ2n) is 5.93. The maximum atomic E-state index is 12.4. The summed E-state index contributed by atoms with van der Waals surface area (Å²) in [6, 6.07) is 7.95. The summed E-state index contributed by atoms with van der Waals surface area (Å²) < 4.78 is 6.61. The van der Waals surface area contributed by atoms with Crippen molar-refractivity contribution in [3.05, 3.63) is 60.1 Å². The van der Waals surface area contributed by atoms with E-state index in [9.17, 15) is 4.79 Å². The molecule has 6 nitrogen and oxygen atoms in total. The van der Waals surface area contributed by atoms with Crippen LogP contribution < -0.4 is 5.32 Å². The van der Waals surface area contributed by atoms with E-state index in [1.807, 2.05) is 37.4 Å². The van der Waals surface area contributed by atoms with Gasteiger partial charge in [0, 0.05) is 23.5 Å². The number of hydrogen-bond acceptors (Lipinski definition) is 6. The highest BCUT2D eigenvalue weighted by atomic mass is 32.2. The fourth-order valence-electron chi connectivity index (χ4n) is 2.71. The highest BCUT2D eigenvalue weighted by Gasteiger charge is 2.12. The first-order valence-electron chi connectivity index (χ1n) is 8.58. The van der Waals surface area contributed by atoms with Crippen molar-refractivity contribution < 1.29 is 9.21 Å². The monoisotopic (exact) mass is 398 g/mol. The van der Waals surface area contributed by atoms with Crippen LogP contribution in [0.15, 0.2) is 51.5 Å². The van der Waals surface area contributed by atoms with Crippen LogP contribution in [0.5, 0.6) is 0 Å². The number of aromatic nitrogens is 3. The highest BCUT2D eigenvalue weighted by molar-refractivity contribution is 8.00. The molecule has 0 saturated heterocycles. The van der Waals surface area contributed by atoms with Gasteiger partial charge in [-0.2, -0.15) is 0 Å². The van der Waals surface area contributed by atoms with Crippen LogP contribution in [0, 0.1) is 0 Å². The predicted octanol–water partition coefficient (Wildman–Crippen LogP) is 4.65. The summed E-state index contributed by atoms with van der Waals surface area (Å²) in [7, 11) is 0. The number of anilines is 1. The summed E-state index contributed by atoms with van der Waals surface area (Å²) in [4.78, 5) is 24.1. The maximum absolute atomic E-state index is 12.4. The largest absolute Gasteiger partial charge is 0.445 e. The Kier molecular flexibility index (Phi) is 5.26. The topological polar surface area (TPSA) is 83.8 Å². The summed E-state index contributed by atoms with van der Waals surface area (Å²) in [5, 5.41) is 4.55. The van der Waals surface area contributed by atoms with E-state index >= 15 is 0 Å². The van der Waals surface area contributed by atoms with E-state index in [2.05, 4.69) is 20.3 Å². The lowest BCUT2D eigenvalue weighted by molar-refractivity contribution is -0.115. The molecule has 1 aromatic carbocycles. The molecule has 8 heteroatoms. The van der Waals surface area contributed by atoms with Crippen molar-refractivity contribution >= 4 is 45.0 Å². The summed E-state index contributed by atoms with van der Waals surface area (Å²) in [5.41, 5.74) is 2.01. The van der Waals surface area contributed by atoms with Gasteiger partial charge in [0.25, 0.3) is 0 Å². The number of thiazole rings is 1. The number of para-hydroxylation sites is 1. The lowest BCUT2D eigenvalue weighted by Crippen LogP contribution is -2.13. The molecule has 0 spiro atoms. The molecule has 0 fully saturated rings. The van der Waals surface area contributed by atoms with Crippen LogP contribution in [0.2, 0.25) is 0 Å². The molecule has 0 saturated carbocycles. The number of rotatable bonds is 7. The van der Waals surface area contributed by atoms with Gasteiger partial charge in [0.15, 0.2) is 5.13 Å². The molecule has 0 aliphatic heterocycles. The summed E-state index contributed by atoms with van der Waals surface area (Å²) in [6.45, 7) is 2.03. The fraction of sp³-hybridized carbons (Fsp3) is 0.211. The van der Waals surface area contributed by atoms with Crippen molar-refractivity contribution in [3.63, 3.8) is 0 Å². The molecule has 0 radical (unpaired) electrons. The molecule has 4 rings (SSSR count). The number of aromatic amines is 1. The number of aryl methyl sites for hydroxylation is 1. The molecule has 0 aliphatic carbocycles. The quantitative estimate of drug-likeness (QED) is 0.443. The number of fused-ring (bicyclic) bond motifs is 1. The van der Waals surface area contributed by atoms with Gasteiger partial charge in [-0.05, 0) is 11.6 Å². The van der Waals surface area contributed by atoms with E-state index in [4.69, 9.17) is 4.42 Å². The van der Waals surface area contributed by atoms with E-state index in [0.29, 0.717) is 23.2 Å². The van der Waals surface area contributed by atoms with Gasteiger partial charge in [0.05, 0.1) is 28.8 Å². The number of H-pyrrole nitrogens is 1. The zero-order valence-electron chi connectivity index (χ0n) is 14.7. The Labute approximate surface area is 164 Å². The second kappa shape index (κ2) is 7.98. The molecule has 2 N–H and O–H groups in total. The van der Waals surface area contributed by atoms with Crippen molar-refractivity contribution in [1.82, 2.24) is 15.0 Å². The number of amides is 1. The van der Waals surface area contributed by atoms with Crippen LogP contribution >= 0.6 is 23.1 Å². The number of benzene rings is 1. The molecule has 0 aliphatic rings. The van der Waals surface area contributed by atoms with Crippen molar-refractivity contribution in [2.75, 3.05) is 5.32 Å². The first-order valence-corrected chi connectivity index (χ1v) is 10.4. The molecular formula is C19H18N4O2S2. The van der Waals surface area contributed by atoms with E-state index in [1.165, 1.54) is 11.3 Å². The zero-order chi connectivity index (χ0) is 18.6. The first kappa shape index (κ1) is 17.8. The standard InChI is InChI=1S/C19H18N4O2S2/c1-2-13-9-21-17(25-13)11-26-18-10-22-19(27-18)23-16(24)7-12-8-20-15-6-4-3-5-14(12)15/h3-6,8-10,20H,2,7,11H2,1H3,(H,22,23,24). The minimum Gasteiger partial charge on any atom is -0.445 e.